The van der Waals surface area contributed by atoms with E-state index in [1.807, 2.05) is 0 Å². The lowest BCUT2D eigenvalue weighted by atomic mass is 9.98. The van der Waals surface area contributed by atoms with Gasteiger partial charge in [0.05, 0.1) is 21.9 Å². The minimum absolute atomic E-state index is 0.00383. The average Bonchev–Trinajstić information content (AvgIpc) is 3.04. The molecule has 0 saturated carbocycles. The molecule has 3 rings (SSSR count). The van der Waals surface area contributed by atoms with E-state index in [0.717, 1.165) is 4.90 Å². The summed E-state index contributed by atoms with van der Waals surface area (Å²) in [6.07, 6.45) is 0.193. The maximum Gasteiger partial charge on any atom is 0.395 e. The highest BCUT2D eigenvalue weighted by Gasteiger charge is 2.30. The second kappa shape index (κ2) is 15.7. The number of benzene rings is 3. The molecule has 3 aromatic carbocycles. The highest BCUT2D eigenvalue weighted by Crippen LogP contribution is 2.33. The van der Waals surface area contributed by atoms with Crippen LogP contribution in [-0.2, 0) is 43.2 Å². The zero-order valence-electron chi connectivity index (χ0n) is 25.7. The molecule has 3 aromatic rings. The van der Waals surface area contributed by atoms with Gasteiger partial charge in [0.25, 0.3) is 5.69 Å². The zero-order valence-corrected chi connectivity index (χ0v) is 25.7. The van der Waals surface area contributed by atoms with Gasteiger partial charge in [-0.25, -0.2) is 9.59 Å². The van der Waals surface area contributed by atoms with E-state index in [1.54, 1.807) is 13.0 Å². The second-order valence-corrected chi connectivity index (χ2v) is 10.3. The van der Waals surface area contributed by atoms with Crippen molar-refractivity contribution in [3.8, 4) is 0 Å². The number of likely N-dealkylation sites (N-methyl/N-ethyl adjacent to an activating group) is 1. The molecule has 0 spiro atoms. The van der Waals surface area contributed by atoms with E-state index in [0.29, 0.717) is 16.7 Å². The standard InChI is InChI=1S/C32H33N5O10/c1-4-21-15-20(11-14-26(21)36(30(41)32(44)45)27-8-6-5-7-23(27)31(42)43)17-25(34-18(2)38)29(40)35-24(28(39)33-3)16-19-9-12-22(13-10-19)37(46)47/h5-15,24-25H,4,16-17H2,1-3H3,(H,33,39)(H,34,38)(H,35,40)(H,42,43)(H,44,45)/t24-,25-/m0/s1. The van der Waals surface area contributed by atoms with Crippen LogP contribution in [0.3, 0.4) is 0 Å². The quantitative estimate of drug-likeness (QED) is 0.103. The summed E-state index contributed by atoms with van der Waals surface area (Å²) < 4.78 is 0. The van der Waals surface area contributed by atoms with Gasteiger partial charge >= 0.3 is 17.8 Å². The van der Waals surface area contributed by atoms with Crippen molar-refractivity contribution >= 4 is 52.6 Å². The molecular weight excluding hydrogens is 614 g/mol. The highest BCUT2D eigenvalue weighted by molar-refractivity contribution is 6.39. The fourth-order valence-electron chi connectivity index (χ4n) is 4.90. The molecule has 0 unspecified atom stereocenters. The normalized spacial score (nSPS) is 11.8. The van der Waals surface area contributed by atoms with Crippen LogP contribution in [0.5, 0.6) is 0 Å². The summed E-state index contributed by atoms with van der Waals surface area (Å²) in [6, 6.07) is 13.2. The molecule has 246 valence electrons. The molecular formula is C32H33N5O10. The van der Waals surface area contributed by atoms with Crippen LogP contribution in [0.2, 0.25) is 0 Å². The first-order valence-electron chi connectivity index (χ1n) is 14.3. The van der Waals surface area contributed by atoms with Crippen LogP contribution in [0.15, 0.2) is 66.7 Å². The smallest absolute Gasteiger partial charge is 0.395 e. The Kier molecular flexibility index (Phi) is 11.8. The molecule has 15 heteroatoms. The number of para-hydroxylation sites is 1. The Hall–Kier alpha value is -6.12. The summed E-state index contributed by atoms with van der Waals surface area (Å²) in [4.78, 5) is 86.0. The number of nitrogens with zero attached hydrogens (tertiary/aromatic N) is 2. The van der Waals surface area contributed by atoms with Crippen LogP contribution >= 0.6 is 0 Å². The average molecular weight is 648 g/mol. The van der Waals surface area contributed by atoms with E-state index in [2.05, 4.69) is 16.0 Å². The molecule has 0 aliphatic rings. The lowest BCUT2D eigenvalue weighted by Gasteiger charge is -2.26. The summed E-state index contributed by atoms with van der Waals surface area (Å²) in [6.45, 7) is 2.95. The molecule has 47 heavy (non-hydrogen) atoms. The van der Waals surface area contributed by atoms with E-state index < -0.39 is 52.6 Å². The first-order valence-corrected chi connectivity index (χ1v) is 14.3. The summed E-state index contributed by atoms with van der Waals surface area (Å²) >= 11 is 0. The van der Waals surface area contributed by atoms with E-state index in [9.17, 15) is 49.1 Å². The van der Waals surface area contributed by atoms with E-state index in [4.69, 9.17) is 0 Å². The molecule has 15 nitrogen and oxygen atoms in total. The number of rotatable bonds is 13. The SMILES string of the molecule is CCc1cc(C[C@H](NC(C)=O)C(=O)N[C@@H](Cc2ccc([N+](=O)[O-])cc2)C(=O)NC)ccc1N(C(=O)C(=O)O)c1ccccc1C(=O)O. The molecule has 0 aliphatic heterocycles. The molecule has 0 fully saturated rings. The highest BCUT2D eigenvalue weighted by atomic mass is 16.6. The summed E-state index contributed by atoms with van der Waals surface area (Å²) in [5.41, 5.74) is 1.00. The zero-order chi connectivity index (χ0) is 34.8. The van der Waals surface area contributed by atoms with Crippen molar-refractivity contribution in [1.29, 1.82) is 0 Å². The lowest BCUT2D eigenvalue weighted by Crippen LogP contribution is -2.54. The fourth-order valence-corrected chi connectivity index (χ4v) is 4.90. The van der Waals surface area contributed by atoms with Crippen molar-refractivity contribution in [1.82, 2.24) is 16.0 Å². The minimum atomic E-state index is -1.81. The van der Waals surface area contributed by atoms with Gasteiger partial charge in [-0.15, -0.1) is 0 Å². The number of nitro groups is 1. The second-order valence-electron chi connectivity index (χ2n) is 10.3. The molecule has 0 radical (unpaired) electrons. The number of non-ortho nitro benzene ring substituents is 1. The Morgan fingerprint density at radius 1 is 0.830 bits per heavy atom. The van der Waals surface area contributed by atoms with Crippen molar-refractivity contribution in [3.05, 3.63) is 99.1 Å². The van der Waals surface area contributed by atoms with Crippen molar-refractivity contribution in [2.75, 3.05) is 11.9 Å². The number of anilines is 2. The van der Waals surface area contributed by atoms with E-state index in [-0.39, 0.29) is 41.9 Å². The predicted octanol–water partition coefficient (Wildman–Crippen LogP) is 2.13. The molecule has 2 atom stereocenters. The largest absolute Gasteiger partial charge is 0.478 e. The van der Waals surface area contributed by atoms with Gasteiger partial charge < -0.3 is 26.2 Å². The van der Waals surface area contributed by atoms with Crippen LogP contribution < -0.4 is 20.9 Å². The van der Waals surface area contributed by atoms with Crippen LogP contribution in [-0.4, -0.2) is 69.8 Å². The van der Waals surface area contributed by atoms with E-state index in [1.165, 1.54) is 74.6 Å². The molecule has 0 aromatic heterocycles. The number of nitrogens with one attached hydrogen (secondary N) is 3. The van der Waals surface area contributed by atoms with Crippen LogP contribution in [0.1, 0.15) is 40.9 Å². The predicted molar refractivity (Wildman–Crippen MR) is 168 cm³/mol. The number of carbonyl (C=O) groups excluding carboxylic acids is 4. The van der Waals surface area contributed by atoms with Gasteiger partial charge in [0, 0.05) is 38.9 Å². The van der Waals surface area contributed by atoms with Crippen molar-refractivity contribution < 1.29 is 43.9 Å². The number of nitro benzene ring substituents is 1. The van der Waals surface area contributed by atoms with Gasteiger partial charge in [-0.1, -0.05) is 43.3 Å². The number of amides is 4. The number of aromatic carboxylic acids is 1. The van der Waals surface area contributed by atoms with Crippen LogP contribution in [0, 0.1) is 10.1 Å². The van der Waals surface area contributed by atoms with Crippen LogP contribution in [0.25, 0.3) is 0 Å². The Bertz CT molecular complexity index is 1710. The van der Waals surface area contributed by atoms with Gasteiger partial charge in [-0.3, -0.25) is 34.2 Å². The molecule has 4 amide bonds. The topological polar surface area (TPSA) is 225 Å². The number of hydrogen-bond donors (Lipinski definition) is 5. The molecule has 0 aliphatic carbocycles. The van der Waals surface area contributed by atoms with Gasteiger partial charge in [0.15, 0.2) is 0 Å². The maximum absolute atomic E-state index is 13.5. The third-order valence-electron chi connectivity index (χ3n) is 7.13. The van der Waals surface area contributed by atoms with Crippen molar-refractivity contribution in [2.24, 2.45) is 0 Å². The van der Waals surface area contributed by atoms with Gasteiger partial charge in [0.2, 0.25) is 17.7 Å². The van der Waals surface area contributed by atoms with Gasteiger partial charge in [0.1, 0.15) is 12.1 Å². The lowest BCUT2D eigenvalue weighted by molar-refractivity contribution is -0.384. The van der Waals surface area contributed by atoms with Gasteiger partial charge in [-0.2, -0.15) is 0 Å². The fraction of sp³-hybridized carbons (Fsp3) is 0.250. The molecule has 5 N–H and O–H groups in total. The molecule has 0 bridgehead atoms. The number of carbonyl (C=O) groups is 6. The molecule has 0 saturated heterocycles. The Labute approximate surface area is 268 Å². The van der Waals surface area contributed by atoms with Crippen LogP contribution in [0.4, 0.5) is 17.1 Å². The third kappa shape index (κ3) is 8.97. The Balaban J connectivity index is 1.95. The summed E-state index contributed by atoms with van der Waals surface area (Å²) in [5.74, 6) is -6.33. The van der Waals surface area contributed by atoms with Crippen molar-refractivity contribution in [3.63, 3.8) is 0 Å². The first kappa shape index (κ1) is 35.4. The number of carboxylic acid groups (broad SMARTS) is 2. The van der Waals surface area contributed by atoms with Crippen molar-refractivity contribution in [2.45, 2.75) is 45.2 Å². The monoisotopic (exact) mass is 647 g/mol. The Morgan fingerprint density at radius 2 is 1.43 bits per heavy atom. The maximum atomic E-state index is 13.5. The summed E-state index contributed by atoms with van der Waals surface area (Å²) in [5, 5.41) is 37.9. The number of aryl methyl sites for hydroxylation is 1. The number of aliphatic carboxylic acids is 1. The molecule has 0 heterocycles. The minimum Gasteiger partial charge on any atom is -0.478 e. The van der Waals surface area contributed by atoms with Gasteiger partial charge in [-0.05, 0) is 41.3 Å². The number of hydrogen-bond acceptors (Lipinski definition) is 8. The third-order valence-corrected chi connectivity index (χ3v) is 7.13. The van der Waals surface area contributed by atoms with E-state index >= 15 is 0 Å². The summed E-state index contributed by atoms with van der Waals surface area (Å²) in [7, 11) is 1.38. The first-order chi connectivity index (χ1) is 22.3. The Morgan fingerprint density at radius 3 is 1.98 bits per heavy atom. The number of carboxylic acids is 2.